The molecule has 1 aliphatic carbocycles. The topological polar surface area (TPSA) is 0 Å². The molecule has 0 N–H and O–H groups in total. The van der Waals surface area contributed by atoms with E-state index < -0.39 is 20.8 Å². The molecule has 0 saturated heterocycles. The number of hydrogen-bond acceptors (Lipinski definition) is 0. The summed E-state index contributed by atoms with van der Waals surface area (Å²) in [5.41, 5.74) is 0. The molecule has 0 bridgehead atoms. The molecule has 3 aromatic carbocycles. The van der Waals surface area contributed by atoms with Crippen molar-refractivity contribution in [2.75, 3.05) is 0 Å². The van der Waals surface area contributed by atoms with Gasteiger partial charge in [0, 0.05) is 0 Å². The van der Waals surface area contributed by atoms with Crippen molar-refractivity contribution >= 4 is 46.1 Å². The predicted octanol–water partition coefficient (Wildman–Crippen LogP) is 8.37. The molecule has 1 heterocycles. The van der Waals surface area contributed by atoms with Gasteiger partial charge in [-0.05, 0) is 22.4 Å². The third-order valence-electron chi connectivity index (χ3n) is 4.04. The van der Waals surface area contributed by atoms with Crippen LogP contribution < -0.4 is 0 Å². The van der Waals surface area contributed by atoms with Gasteiger partial charge in [-0.3, -0.25) is 6.08 Å². The summed E-state index contributed by atoms with van der Waals surface area (Å²) in [5.74, 6) is 4.83. The number of hydrogen-bond donors (Lipinski definition) is 0. The molecule has 0 fully saturated rings. The quantitative estimate of drug-likeness (QED) is 0.243. The Kier molecular flexibility index (Phi) is 7.91. The molecule has 5 rings (SSSR count). The second-order valence-electron chi connectivity index (χ2n) is 5.71. The van der Waals surface area contributed by atoms with Gasteiger partial charge in [-0.1, -0.05) is 35.6 Å². The van der Waals surface area contributed by atoms with Gasteiger partial charge < -0.3 is 0 Å². The van der Waals surface area contributed by atoms with Gasteiger partial charge in [0.15, 0.2) is 0 Å². The molecule has 4 heteroatoms. The second kappa shape index (κ2) is 10.4. The van der Waals surface area contributed by atoms with Crippen LogP contribution in [0.4, 0.5) is 0 Å². The molecule has 0 atom stereocenters. The fourth-order valence-electron chi connectivity index (χ4n) is 2.86. The maximum absolute atomic E-state index is 4.93. The van der Waals surface area contributed by atoms with Crippen molar-refractivity contribution in [3.63, 3.8) is 0 Å². The number of benzene rings is 2. The second-order valence-corrected chi connectivity index (χ2v) is 11.3. The zero-order valence-electron chi connectivity index (χ0n) is 14.1. The Labute approximate surface area is 174 Å². The van der Waals surface area contributed by atoms with Crippen LogP contribution in [0.15, 0.2) is 90.5 Å². The fourth-order valence-corrected chi connectivity index (χ4v) is 4.87. The van der Waals surface area contributed by atoms with E-state index in [4.69, 9.17) is 17.0 Å². The van der Waals surface area contributed by atoms with Crippen LogP contribution in [-0.2, 0) is 20.8 Å². The molecule has 0 saturated carbocycles. The van der Waals surface area contributed by atoms with Crippen LogP contribution in [0.3, 0.4) is 0 Å². The van der Waals surface area contributed by atoms with Gasteiger partial charge in [0.05, 0.1) is 0 Å². The summed E-state index contributed by atoms with van der Waals surface area (Å²) < 4.78 is 0. The molecule has 1 aromatic heterocycles. The van der Waals surface area contributed by atoms with Crippen LogP contribution >= 0.6 is 24.6 Å². The summed E-state index contributed by atoms with van der Waals surface area (Å²) in [5, 5.41) is 6.94. The molecule has 4 aromatic rings. The zero-order chi connectivity index (χ0) is 18.2. The minimum Gasteiger partial charge on any atom is -0.157 e. The van der Waals surface area contributed by atoms with E-state index in [9.17, 15) is 0 Å². The number of halogens is 2. The van der Waals surface area contributed by atoms with Crippen molar-refractivity contribution in [1.82, 2.24) is 0 Å². The molecule has 0 unspecified atom stereocenters. The molecule has 128 valence electrons. The van der Waals surface area contributed by atoms with E-state index in [1.807, 2.05) is 12.2 Å². The van der Waals surface area contributed by atoms with Crippen molar-refractivity contribution < 1.29 is 20.8 Å². The summed E-state index contributed by atoms with van der Waals surface area (Å²) in [6.45, 7) is 0. The molecule has 0 radical (unpaired) electrons. The number of allylic oxidation sites excluding steroid dienone is 4. The van der Waals surface area contributed by atoms with Gasteiger partial charge >= 0.3 is 37.9 Å². The summed E-state index contributed by atoms with van der Waals surface area (Å²) in [7, 11) is 9.60. The van der Waals surface area contributed by atoms with E-state index in [2.05, 4.69) is 84.4 Å². The van der Waals surface area contributed by atoms with Crippen molar-refractivity contribution in [1.29, 1.82) is 0 Å². The molecule has 0 aliphatic heterocycles. The largest absolute Gasteiger partial charge is 0.157 e. The standard InChI is InChI=1S/C17H12P.C5H5.2ClH.Zr/c1-2-6-14-10-17(9-13(14)5-1)18-11-15-7-3-4-8-16(15)12-18;1-2-4-5-3-1;;;/h1-12H;1-3H,4H2;2*1H;/q2*-1;;;+4/p-2. The van der Waals surface area contributed by atoms with Gasteiger partial charge in [0.2, 0.25) is 0 Å². The molecule has 0 amide bonds. The van der Waals surface area contributed by atoms with E-state index in [1.165, 1.54) is 26.8 Å². The van der Waals surface area contributed by atoms with Crippen molar-refractivity contribution in [2.24, 2.45) is 0 Å². The van der Waals surface area contributed by atoms with Crippen molar-refractivity contribution in [2.45, 2.75) is 6.42 Å². The summed E-state index contributed by atoms with van der Waals surface area (Å²) in [6.07, 6.45) is 10.0. The van der Waals surface area contributed by atoms with Gasteiger partial charge in [0.25, 0.3) is 0 Å². The van der Waals surface area contributed by atoms with Crippen LogP contribution in [0, 0.1) is 6.08 Å². The Morgan fingerprint density at radius 1 is 0.923 bits per heavy atom. The minimum atomic E-state index is -0.826. The molecule has 26 heavy (non-hydrogen) atoms. The Balaban J connectivity index is 0.000000207. The summed E-state index contributed by atoms with van der Waals surface area (Å²) in [6, 6.07) is 21.9. The Bertz CT molecular complexity index is 879. The minimum absolute atomic E-state index is 0.264. The first kappa shape index (κ1) is 19.8. The van der Waals surface area contributed by atoms with E-state index in [0.717, 1.165) is 6.42 Å². The monoisotopic (exact) mass is 472 g/mol. The van der Waals surface area contributed by atoms with Crippen LogP contribution in [-0.4, -0.2) is 0 Å². The Morgan fingerprint density at radius 3 is 2.04 bits per heavy atom. The fraction of sp³-hybridized carbons (Fsp3) is 0.0455. The average molecular weight is 474 g/mol. The normalized spacial score (nSPS) is 11.6. The van der Waals surface area contributed by atoms with Crippen LogP contribution in [0.25, 0.3) is 26.8 Å². The molecule has 0 nitrogen and oxygen atoms in total. The molecular weight excluding hydrogens is 457 g/mol. The third-order valence-corrected chi connectivity index (χ3v) is 6.01. The van der Waals surface area contributed by atoms with Gasteiger partial charge in [-0.2, -0.15) is 12.1 Å². The summed E-state index contributed by atoms with van der Waals surface area (Å²) in [4.78, 5) is 0. The SMILES string of the molecule is [C-]1=CC=CC1.[Cl][Zr+2][Cl].c1ccc2cp(-c3cc4ccccc4[cH-]3)cc2c1. The van der Waals surface area contributed by atoms with E-state index in [0.29, 0.717) is 0 Å². The average Bonchev–Trinajstić information content (AvgIpc) is 3.42. The van der Waals surface area contributed by atoms with Crippen LogP contribution in [0.1, 0.15) is 6.42 Å². The first-order valence-corrected chi connectivity index (χ1v) is 16.0. The molecule has 1 aliphatic rings. The number of rotatable bonds is 1. The van der Waals surface area contributed by atoms with Gasteiger partial charge in [-0.25, -0.2) is 12.2 Å². The zero-order valence-corrected chi connectivity index (χ0v) is 18.9. The van der Waals surface area contributed by atoms with Crippen LogP contribution in [0.2, 0.25) is 0 Å². The smallest absolute Gasteiger partial charge is 0.0138 e. The predicted molar refractivity (Wildman–Crippen MR) is 114 cm³/mol. The van der Waals surface area contributed by atoms with Crippen molar-refractivity contribution in [3.8, 4) is 5.30 Å². The Hall–Kier alpha value is -0.967. The van der Waals surface area contributed by atoms with Gasteiger partial charge in [0.1, 0.15) is 0 Å². The first-order chi connectivity index (χ1) is 12.8. The Morgan fingerprint density at radius 2 is 1.54 bits per heavy atom. The maximum atomic E-state index is 4.93. The van der Waals surface area contributed by atoms with Gasteiger partial charge in [-0.15, -0.1) is 49.0 Å². The first-order valence-electron chi connectivity index (χ1n) is 8.22. The molecular formula is C22H17Cl2PZr. The molecule has 0 spiro atoms. The maximum Gasteiger partial charge on any atom is -0.0138 e. The van der Waals surface area contributed by atoms with E-state index in [-0.39, 0.29) is 7.53 Å². The number of fused-ring (bicyclic) bond motifs is 2. The van der Waals surface area contributed by atoms with Crippen molar-refractivity contribution in [3.05, 3.63) is 96.6 Å². The third kappa shape index (κ3) is 5.28. The van der Waals surface area contributed by atoms with E-state index >= 15 is 0 Å². The van der Waals surface area contributed by atoms with Crippen LogP contribution in [0.5, 0.6) is 0 Å². The summed E-state index contributed by atoms with van der Waals surface area (Å²) >= 11 is -0.826. The van der Waals surface area contributed by atoms with E-state index in [1.54, 1.807) is 0 Å².